The Morgan fingerprint density at radius 3 is 2.41 bits per heavy atom. The van der Waals surface area contributed by atoms with Crippen molar-refractivity contribution < 1.29 is 27.9 Å². The number of urea groups is 1. The van der Waals surface area contributed by atoms with E-state index < -0.39 is 27.5 Å². The summed E-state index contributed by atoms with van der Waals surface area (Å²) in [4.78, 5) is 23.8. The molecule has 1 unspecified atom stereocenters. The van der Waals surface area contributed by atoms with Crippen molar-refractivity contribution in [3.8, 4) is 11.5 Å². The summed E-state index contributed by atoms with van der Waals surface area (Å²) < 4.78 is 33.8. The van der Waals surface area contributed by atoms with Crippen molar-refractivity contribution in [1.29, 1.82) is 0 Å². The largest absolute Gasteiger partial charge is 0.508 e. The molecule has 1 saturated heterocycles. The van der Waals surface area contributed by atoms with E-state index in [1.165, 1.54) is 38.3 Å². The number of sulfonamides is 1. The van der Waals surface area contributed by atoms with Crippen LogP contribution in [0.25, 0.3) is 0 Å². The maximum Gasteiger partial charge on any atom is 0.322 e. The smallest absolute Gasteiger partial charge is 0.322 e. The van der Waals surface area contributed by atoms with Crippen LogP contribution in [-0.4, -0.2) is 32.6 Å². The highest BCUT2D eigenvalue weighted by Gasteiger charge is 2.45. The minimum absolute atomic E-state index is 0.0402. The highest BCUT2D eigenvalue weighted by atomic mass is 32.2. The summed E-state index contributed by atoms with van der Waals surface area (Å²) in [5.74, 6) is -0.418. The molecule has 1 aliphatic rings. The summed E-state index contributed by atoms with van der Waals surface area (Å²) in [5, 5.41) is 14.5. The Morgan fingerprint density at radius 1 is 1.14 bits per heavy atom. The van der Waals surface area contributed by atoms with Crippen molar-refractivity contribution in [3.05, 3.63) is 47.0 Å². The molecule has 0 bridgehead atoms. The maximum absolute atomic E-state index is 13.0. The number of hydrogen-bond donors (Lipinski definition) is 4. The Balaban J connectivity index is 2.09. The third-order valence-electron chi connectivity index (χ3n) is 4.95. The van der Waals surface area contributed by atoms with E-state index in [1.54, 1.807) is 19.9 Å². The maximum atomic E-state index is 13.0. The predicted octanol–water partition coefficient (Wildman–Crippen LogP) is 1.87. The number of imide groups is 1. The molecule has 0 spiro atoms. The predicted molar refractivity (Wildman–Crippen MR) is 105 cm³/mol. The molecule has 1 aliphatic heterocycles. The Hall–Kier alpha value is -3.27. The van der Waals surface area contributed by atoms with Gasteiger partial charge in [0.15, 0.2) is 0 Å². The first-order valence-corrected chi connectivity index (χ1v) is 10.1. The van der Waals surface area contributed by atoms with Gasteiger partial charge in [0.2, 0.25) is 0 Å². The second-order valence-electron chi connectivity index (χ2n) is 6.90. The van der Waals surface area contributed by atoms with Gasteiger partial charge >= 0.3 is 6.03 Å². The van der Waals surface area contributed by atoms with Crippen LogP contribution in [0.2, 0.25) is 0 Å². The van der Waals surface area contributed by atoms with Crippen LogP contribution < -0.4 is 20.1 Å². The fraction of sp³-hybridized carbons (Fsp3) is 0.263. The molecular formula is C19H21N3O6S. The van der Waals surface area contributed by atoms with Crippen LogP contribution in [-0.2, 0) is 20.4 Å². The average molecular weight is 419 g/mol. The summed E-state index contributed by atoms with van der Waals surface area (Å²) in [7, 11) is -2.69. The molecule has 2 aromatic rings. The third-order valence-corrected chi connectivity index (χ3v) is 6.29. The number of methoxy groups -OCH3 is 1. The second kappa shape index (κ2) is 6.96. The molecule has 2 aromatic carbocycles. The van der Waals surface area contributed by atoms with Crippen molar-refractivity contribution in [2.24, 2.45) is 0 Å². The Bertz CT molecular complexity index is 1130. The van der Waals surface area contributed by atoms with E-state index in [4.69, 9.17) is 4.74 Å². The van der Waals surface area contributed by atoms with Gasteiger partial charge < -0.3 is 15.2 Å². The third kappa shape index (κ3) is 3.46. The summed E-state index contributed by atoms with van der Waals surface area (Å²) in [6, 6.07) is 6.41. The number of carbonyl (C=O) groups is 2. The van der Waals surface area contributed by atoms with E-state index in [-0.39, 0.29) is 27.6 Å². The number of anilines is 1. The molecule has 1 heterocycles. The van der Waals surface area contributed by atoms with Gasteiger partial charge in [0.1, 0.15) is 17.0 Å². The number of aryl methyl sites for hydroxylation is 1. The van der Waals surface area contributed by atoms with Gasteiger partial charge in [-0.3, -0.25) is 14.8 Å². The Morgan fingerprint density at radius 2 is 1.83 bits per heavy atom. The summed E-state index contributed by atoms with van der Waals surface area (Å²) in [5.41, 5.74) is -0.0232. The van der Waals surface area contributed by atoms with Crippen molar-refractivity contribution >= 4 is 27.6 Å². The lowest BCUT2D eigenvalue weighted by atomic mass is 9.91. The van der Waals surface area contributed by atoms with Gasteiger partial charge in [0, 0.05) is 11.1 Å². The Labute approximate surface area is 168 Å². The number of hydrogen-bond acceptors (Lipinski definition) is 6. The normalized spacial score (nSPS) is 18.9. The molecule has 3 amide bonds. The van der Waals surface area contributed by atoms with Crippen LogP contribution in [0, 0.1) is 13.8 Å². The van der Waals surface area contributed by atoms with Crippen LogP contribution >= 0.6 is 0 Å². The molecule has 0 saturated carbocycles. The van der Waals surface area contributed by atoms with Gasteiger partial charge in [-0.05, 0) is 50.6 Å². The highest BCUT2D eigenvalue weighted by Crippen LogP contribution is 2.35. The topological polar surface area (TPSA) is 134 Å². The van der Waals surface area contributed by atoms with Gasteiger partial charge in [0.25, 0.3) is 15.9 Å². The standard InChI is InChI=1S/C19H21N3O6S/c1-10-5-7-14(23)11(2)16(10)22-29(26,27)12-6-8-15(28-4)13(9-12)19(3)17(24)20-18(25)21-19/h5-9,22-23H,1-4H3,(H2,20,21,24,25). The average Bonchev–Trinajstić information content (AvgIpc) is 2.94. The summed E-state index contributed by atoms with van der Waals surface area (Å²) in [6.45, 7) is 4.76. The molecule has 0 aliphatic carbocycles. The van der Waals surface area contributed by atoms with E-state index in [0.717, 1.165) is 0 Å². The number of phenolic OH excluding ortho intramolecular Hbond substituents is 1. The minimum atomic E-state index is -4.07. The van der Waals surface area contributed by atoms with Crippen molar-refractivity contribution in [2.75, 3.05) is 11.8 Å². The monoisotopic (exact) mass is 419 g/mol. The number of rotatable bonds is 5. The lowest BCUT2D eigenvalue weighted by Gasteiger charge is -2.24. The molecule has 1 atom stereocenters. The van der Waals surface area contributed by atoms with Crippen LogP contribution in [0.1, 0.15) is 23.6 Å². The molecule has 10 heteroatoms. The number of aromatic hydroxyl groups is 1. The van der Waals surface area contributed by atoms with E-state index in [1.807, 2.05) is 0 Å². The summed E-state index contributed by atoms with van der Waals surface area (Å²) in [6.07, 6.45) is 0. The number of phenols is 1. The van der Waals surface area contributed by atoms with Crippen LogP contribution in [0.4, 0.5) is 10.5 Å². The molecule has 9 nitrogen and oxygen atoms in total. The molecule has 154 valence electrons. The zero-order valence-electron chi connectivity index (χ0n) is 16.3. The second-order valence-corrected chi connectivity index (χ2v) is 8.58. The molecule has 1 fully saturated rings. The van der Waals surface area contributed by atoms with Crippen molar-refractivity contribution in [2.45, 2.75) is 31.2 Å². The zero-order valence-corrected chi connectivity index (χ0v) is 17.1. The van der Waals surface area contributed by atoms with Gasteiger partial charge in [-0.2, -0.15) is 0 Å². The van der Waals surface area contributed by atoms with Gasteiger partial charge in [0.05, 0.1) is 17.7 Å². The number of ether oxygens (including phenoxy) is 1. The lowest BCUT2D eigenvalue weighted by Crippen LogP contribution is -2.41. The van der Waals surface area contributed by atoms with Crippen LogP contribution in [0.15, 0.2) is 35.2 Å². The number of amides is 3. The fourth-order valence-electron chi connectivity index (χ4n) is 3.16. The first kappa shape index (κ1) is 20.5. The number of benzene rings is 2. The SMILES string of the molecule is COc1ccc(S(=O)(=O)Nc2c(C)ccc(O)c2C)cc1C1(C)NC(=O)NC1=O. The number of nitrogens with one attached hydrogen (secondary N) is 3. The molecule has 0 radical (unpaired) electrons. The minimum Gasteiger partial charge on any atom is -0.508 e. The van der Waals surface area contributed by atoms with E-state index >= 15 is 0 Å². The van der Waals surface area contributed by atoms with E-state index in [0.29, 0.717) is 11.1 Å². The molecule has 4 N–H and O–H groups in total. The van der Waals surface area contributed by atoms with Crippen molar-refractivity contribution in [3.63, 3.8) is 0 Å². The molecule has 0 aromatic heterocycles. The quantitative estimate of drug-likeness (QED) is 0.547. The van der Waals surface area contributed by atoms with Crippen molar-refractivity contribution in [1.82, 2.24) is 10.6 Å². The molecular weight excluding hydrogens is 398 g/mol. The van der Waals surface area contributed by atoms with Gasteiger partial charge in [-0.1, -0.05) is 6.07 Å². The van der Waals surface area contributed by atoms with E-state index in [9.17, 15) is 23.1 Å². The molecule has 3 rings (SSSR count). The van der Waals surface area contributed by atoms with Crippen LogP contribution in [0.3, 0.4) is 0 Å². The van der Waals surface area contributed by atoms with Gasteiger partial charge in [-0.15, -0.1) is 0 Å². The zero-order chi connectivity index (χ0) is 21.6. The first-order valence-electron chi connectivity index (χ1n) is 8.63. The fourth-order valence-corrected chi connectivity index (χ4v) is 4.39. The lowest BCUT2D eigenvalue weighted by molar-refractivity contribution is -0.123. The summed E-state index contributed by atoms with van der Waals surface area (Å²) >= 11 is 0. The first-order chi connectivity index (χ1) is 13.5. The molecule has 29 heavy (non-hydrogen) atoms. The highest BCUT2D eigenvalue weighted by molar-refractivity contribution is 7.92. The van der Waals surface area contributed by atoms with E-state index in [2.05, 4.69) is 15.4 Å². The van der Waals surface area contributed by atoms with Crippen LogP contribution in [0.5, 0.6) is 11.5 Å². The number of carbonyl (C=O) groups excluding carboxylic acids is 2. The Kier molecular flexibility index (Phi) is 4.91. The van der Waals surface area contributed by atoms with Gasteiger partial charge in [-0.25, -0.2) is 13.2 Å².